The molecule has 0 N–H and O–H groups in total. The molecule has 0 spiro atoms. The molecule has 1 heterocycles. The fraction of sp³-hybridized carbons (Fsp3) is 0.227. The van der Waals surface area contributed by atoms with Gasteiger partial charge in [-0.25, -0.2) is 0 Å². The molecule has 0 unspecified atom stereocenters. The first-order valence-electron chi connectivity index (χ1n) is 8.12. The van der Waals surface area contributed by atoms with Gasteiger partial charge in [0.25, 0.3) is 0 Å². The van der Waals surface area contributed by atoms with Gasteiger partial charge < -0.3 is 0 Å². The van der Waals surface area contributed by atoms with E-state index >= 15 is 0 Å². The van der Waals surface area contributed by atoms with Crippen molar-refractivity contribution in [3.05, 3.63) is 90.1 Å². The van der Waals surface area contributed by atoms with Gasteiger partial charge in [0.15, 0.2) is 0 Å². The molecule has 0 aliphatic heterocycles. The number of rotatable bonds is 3. The highest BCUT2D eigenvalue weighted by Gasteiger charge is 2.29. The van der Waals surface area contributed by atoms with E-state index < -0.39 is 0 Å². The number of benzene rings is 2. The van der Waals surface area contributed by atoms with E-state index in [-0.39, 0.29) is 5.41 Å². The molecule has 0 aliphatic rings. The third kappa shape index (κ3) is 3.34. The quantitative estimate of drug-likeness (QED) is 0.584. The Morgan fingerprint density at radius 2 is 1.39 bits per heavy atom. The van der Waals surface area contributed by atoms with E-state index in [1.165, 1.54) is 16.7 Å². The maximum Gasteiger partial charge on any atom is 0.0704 e. The average molecular weight is 301 g/mol. The van der Waals surface area contributed by atoms with E-state index in [1.807, 2.05) is 18.3 Å². The summed E-state index contributed by atoms with van der Waals surface area (Å²) in [6, 6.07) is 25.5. The molecule has 2 aromatic carbocycles. The van der Waals surface area contributed by atoms with Gasteiger partial charge in [-0.3, -0.25) is 4.98 Å². The summed E-state index contributed by atoms with van der Waals surface area (Å²) in [6.45, 7) is 6.92. The lowest BCUT2D eigenvalue weighted by Gasteiger charge is -2.33. The highest BCUT2D eigenvalue weighted by atomic mass is 14.7. The predicted molar refractivity (Wildman–Crippen MR) is 97.4 cm³/mol. The zero-order chi connectivity index (χ0) is 16.3. The molecular formula is C22H23N. The Balaban J connectivity index is 2.19. The monoisotopic (exact) mass is 301 g/mol. The highest BCUT2D eigenvalue weighted by Crippen LogP contribution is 2.43. The van der Waals surface area contributed by atoms with Gasteiger partial charge in [0.05, 0.1) is 5.69 Å². The van der Waals surface area contributed by atoms with Gasteiger partial charge >= 0.3 is 0 Å². The molecule has 1 atom stereocenters. The highest BCUT2D eigenvalue weighted by molar-refractivity contribution is 5.65. The van der Waals surface area contributed by atoms with Crippen molar-refractivity contribution in [1.29, 1.82) is 0 Å². The van der Waals surface area contributed by atoms with E-state index in [4.69, 9.17) is 0 Å². The van der Waals surface area contributed by atoms with E-state index in [2.05, 4.69) is 86.4 Å². The Morgan fingerprint density at radius 3 is 2.04 bits per heavy atom. The fourth-order valence-corrected chi connectivity index (χ4v) is 3.30. The SMILES string of the molecule is CC(C)(C)[C@H](c1ccccc1)c1ccccc1-c1ccccn1. The van der Waals surface area contributed by atoms with Crippen LogP contribution in [0.15, 0.2) is 79.0 Å². The minimum atomic E-state index is 0.117. The Kier molecular flexibility index (Phi) is 4.29. The third-order valence-electron chi connectivity index (χ3n) is 4.21. The van der Waals surface area contributed by atoms with Crippen molar-refractivity contribution in [1.82, 2.24) is 4.98 Å². The van der Waals surface area contributed by atoms with Gasteiger partial charge in [-0.15, -0.1) is 0 Å². The second kappa shape index (κ2) is 6.37. The standard InChI is InChI=1S/C22H23N/c1-22(2,3)21(17-11-5-4-6-12-17)19-14-8-7-13-18(19)20-15-9-10-16-23-20/h4-16,21H,1-3H3/t21-/m1/s1. The Bertz CT molecular complexity index is 755. The molecule has 3 rings (SSSR count). The first-order chi connectivity index (χ1) is 11.1. The number of pyridine rings is 1. The van der Waals surface area contributed by atoms with Gasteiger partial charge in [0.2, 0.25) is 0 Å². The van der Waals surface area contributed by atoms with Crippen molar-refractivity contribution >= 4 is 0 Å². The largest absolute Gasteiger partial charge is 0.256 e. The molecule has 0 fully saturated rings. The molecule has 0 radical (unpaired) electrons. The van der Waals surface area contributed by atoms with Gasteiger partial charge in [-0.2, -0.15) is 0 Å². The first-order valence-corrected chi connectivity index (χ1v) is 8.12. The molecule has 1 heteroatoms. The van der Waals surface area contributed by atoms with Crippen LogP contribution in [0.2, 0.25) is 0 Å². The maximum atomic E-state index is 4.57. The Hall–Kier alpha value is -2.41. The number of hydrogen-bond donors (Lipinski definition) is 0. The minimum absolute atomic E-state index is 0.117. The van der Waals surface area contributed by atoms with E-state index in [0.717, 1.165) is 5.69 Å². The van der Waals surface area contributed by atoms with Crippen LogP contribution in [0.25, 0.3) is 11.3 Å². The van der Waals surface area contributed by atoms with Gasteiger partial charge in [-0.1, -0.05) is 81.4 Å². The lowest BCUT2D eigenvalue weighted by atomic mass is 9.71. The van der Waals surface area contributed by atoms with E-state index in [0.29, 0.717) is 5.92 Å². The summed E-state index contributed by atoms with van der Waals surface area (Å²) in [4.78, 5) is 4.57. The van der Waals surface area contributed by atoms with E-state index in [9.17, 15) is 0 Å². The van der Waals surface area contributed by atoms with Gasteiger partial charge in [0, 0.05) is 17.7 Å². The van der Waals surface area contributed by atoms with E-state index in [1.54, 1.807) is 0 Å². The Labute approximate surface area is 139 Å². The van der Waals surface area contributed by atoms with Crippen LogP contribution in [0.4, 0.5) is 0 Å². The van der Waals surface area contributed by atoms with Crippen LogP contribution in [0.5, 0.6) is 0 Å². The lowest BCUT2D eigenvalue weighted by molar-refractivity contribution is 0.359. The fourth-order valence-electron chi connectivity index (χ4n) is 3.30. The van der Waals surface area contributed by atoms with Crippen molar-refractivity contribution in [2.24, 2.45) is 5.41 Å². The first kappa shape index (κ1) is 15.5. The van der Waals surface area contributed by atoms with Crippen LogP contribution in [0.1, 0.15) is 37.8 Å². The van der Waals surface area contributed by atoms with Crippen LogP contribution in [0.3, 0.4) is 0 Å². The Morgan fingerprint density at radius 1 is 0.739 bits per heavy atom. The van der Waals surface area contributed by atoms with Gasteiger partial charge in [-0.05, 0) is 28.7 Å². The summed E-state index contributed by atoms with van der Waals surface area (Å²) in [5.74, 6) is 0.321. The molecular weight excluding hydrogens is 278 g/mol. The zero-order valence-electron chi connectivity index (χ0n) is 14.0. The summed E-state index contributed by atoms with van der Waals surface area (Å²) in [5.41, 5.74) is 5.06. The van der Waals surface area contributed by atoms with Crippen molar-refractivity contribution in [3.63, 3.8) is 0 Å². The van der Waals surface area contributed by atoms with Crippen LogP contribution < -0.4 is 0 Å². The summed E-state index contributed by atoms with van der Waals surface area (Å²) < 4.78 is 0. The van der Waals surface area contributed by atoms with Crippen LogP contribution in [0, 0.1) is 5.41 Å². The normalized spacial score (nSPS) is 12.8. The molecule has 116 valence electrons. The summed E-state index contributed by atoms with van der Waals surface area (Å²) in [7, 11) is 0. The third-order valence-corrected chi connectivity index (χ3v) is 4.21. The number of nitrogens with zero attached hydrogens (tertiary/aromatic N) is 1. The van der Waals surface area contributed by atoms with Crippen molar-refractivity contribution < 1.29 is 0 Å². The lowest BCUT2D eigenvalue weighted by Crippen LogP contribution is -2.20. The molecule has 0 aliphatic carbocycles. The smallest absolute Gasteiger partial charge is 0.0704 e. The molecule has 3 aromatic rings. The number of hydrogen-bond acceptors (Lipinski definition) is 1. The summed E-state index contributed by atoms with van der Waals surface area (Å²) >= 11 is 0. The summed E-state index contributed by atoms with van der Waals surface area (Å²) in [5, 5.41) is 0. The molecule has 1 nitrogen and oxygen atoms in total. The molecule has 23 heavy (non-hydrogen) atoms. The number of aromatic nitrogens is 1. The van der Waals surface area contributed by atoms with Gasteiger partial charge in [0.1, 0.15) is 0 Å². The van der Waals surface area contributed by atoms with Crippen molar-refractivity contribution in [3.8, 4) is 11.3 Å². The van der Waals surface area contributed by atoms with Crippen LogP contribution in [-0.2, 0) is 0 Å². The molecule has 1 aromatic heterocycles. The van der Waals surface area contributed by atoms with Crippen LogP contribution in [-0.4, -0.2) is 4.98 Å². The molecule has 0 saturated heterocycles. The molecule has 0 saturated carbocycles. The topological polar surface area (TPSA) is 12.9 Å². The summed E-state index contributed by atoms with van der Waals surface area (Å²) in [6.07, 6.45) is 1.86. The zero-order valence-corrected chi connectivity index (χ0v) is 14.0. The predicted octanol–water partition coefficient (Wildman–Crippen LogP) is 5.93. The average Bonchev–Trinajstić information content (AvgIpc) is 2.56. The minimum Gasteiger partial charge on any atom is -0.256 e. The molecule has 0 bridgehead atoms. The second-order valence-corrected chi connectivity index (χ2v) is 7.01. The maximum absolute atomic E-state index is 4.57. The molecule has 0 amide bonds. The van der Waals surface area contributed by atoms with Crippen molar-refractivity contribution in [2.45, 2.75) is 26.7 Å². The van der Waals surface area contributed by atoms with Crippen molar-refractivity contribution in [2.75, 3.05) is 0 Å². The second-order valence-electron chi connectivity index (χ2n) is 7.01. The van der Waals surface area contributed by atoms with Crippen LogP contribution >= 0.6 is 0 Å².